The van der Waals surface area contributed by atoms with Gasteiger partial charge in [-0.05, 0) is 47.5 Å². The molecule has 0 fully saturated rings. The number of carbonyl (C=O) groups excluding carboxylic acids is 1. The average Bonchev–Trinajstić information content (AvgIpc) is 2.67. The molecule has 1 atom stereocenters. The van der Waals surface area contributed by atoms with Gasteiger partial charge < -0.3 is 5.32 Å². The van der Waals surface area contributed by atoms with E-state index in [1.165, 1.54) is 25.2 Å². The van der Waals surface area contributed by atoms with E-state index in [0.717, 1.165) is 20.6 Å². The topological polar surface area (TPSA) is 66.5 Å². The Morgan fingerprint density at radius 2 is 1.68 bits per heavy atom. The fourth-order valence-electron chi connectivity index (χ4n) is 2.92. The van der Waals surface area contributed by atoms with Crippen LogP contribution < -0.4 is 5.32 Å². The number of halogens is 1. The van der Waals surface area contributed by atoms with Gasteiger partial charge in [0.2, 0.25) is 15.9 Å². The molecule has 1 N–H and O–H groups in total. The van der Waals surface area contributed by atoms with Crippen LogP contribution in [0.15, 0.2) is 71.6 Å². The minimum atomic E-state index is -3.81. The first kappa shape index (κ1) is 20.0. The van der Waals surface area contributed by atoms with Crippen LogP contribution in [0.3, 0.4) is 0 Å². The Labute approximate surface area is 163 Å². The minimum Gasteiger partial charge on any atom is -0.348 e. The number of likely N-dealkylation sites (N-methyl/N-ethyl adjacent to an activating group) is 1. The first-order valence-electron chi connectivity index (χ1n) is 8.77. The number of amides is 1. The number of fused-ring (bicyclic) bond motifs is 1. The number of benzene rings is 3. The molecule has 0 aromatic heterocycles. The summed E-state index contributed by atoms with van der Waals surface area (Å²) >= 11 is 0. The van der Waals surface area contributed by atoms with E-state index < -0.39 is 15.9 Å². The summed E-state index contributed by atoms with van der Waals surface area (Å²) in [6.07, 6.45) is 0. The lowest BCUT2D eigenvalue weighted by atomic mass is 10.1. The number of carbonyl (C=O) groups is 1. The summed E-state index contributed by atoms with van der Waals surface area (Å²) < 4.78 is 39.6. The Morgan fingerprint density at radius 1 is 1.04 bits per heavy atom. The second-order valence-electron chi connectivity index (χ2n) is 6.61. The van der Waals surface area contributed by atoms with E-state index in [4.69, 9.17) is 0 Å². The number of hydrogen-bond donors (Lipinski definition) is 1. The Morgan fingerprint density at radius 3 is 2.36 bits per heavy atom. The van der Waals surface area contributed by atoms with Crippen LogP contribution in [0.5, 0.6) is 0 Å². The van der Waals surface area contributed by atoms with Crippen LogP contribution in [-0.4, -0.2) is 32.2 Å². The van der Waals surface area contributed by atoms with Crippen molar-refractivity contribution in [2.45, 2.75) is 17.9 Å². The summed E-state index contributed by atoms with van der Waals surface area (Å²) in [5, 5.41) is 4.48. The molecule has 3 aromatic carbocycles. The van der Waals surface area contributed by atoms with E-state index in [2.05, 4.69) is 5.32 Å². The summed E-state index contributed by atoms with van der Waals surface area (Å²) in [5.74, 6) is -0.799. The number of sulfonamides is 1. The Hall–Kier alpha value is -2.77. The van der Waals surface area contributed by atoms with Crippen molar-refractivity contribution in [3.8, 4) is 0 Å². The highest BCUT2D eigenvalue weighted by molar-refractivity contribution is 7.89. The van der Waals surface area contributed by atoms with E-state index >= 15 is 0 Å². The number of hydrogen-bond acceptors (Lipinski definition) is 3. The maximum absolute atomic E-state index is 13.0. The molecule has 0 heterocycles. The van der Waals surface area contributed by atoms with Crippen molar-refractivity contribution in [1.82, 2.24) is 9.62 Å². The molecular weight excluding hydrogens is 379 g/mol. The van der Waals surface area contributed by atoms with Crippen molar-refractivity contribution in [1.29, 1.82) is 0 Å². The van der Waals surface area contributed by atoms with Crippen molar-refractivity contribution in [3.05, 3.63) is 78.1 Å². The molecule has 0 unspecified atom stereocenters. The molecule has 0 aliphatic carbocycles. The van der Waals surface area contributed by atoms with E-state index in [9.17, 15) is 17.6 Å². The highest BCUT2D eigenvalue weighted by Crippen LogP contribution is 2.21. The highest BCUT2D eigenvalue weighted by atomic mass is 32.2. The molecule has 28 heavy (non-hydrogen) atoms. The summed E-state index contributed by atoms with van der Waals surface area (Å²) in [6, 6.07) is 17.8. The van der Waals surface area contributed by atoms with Crippen LogP contribution in [0.1, 0.15) is 18.5 Å². The second kappa shape index (κ2) is 8.08. The van der Waals surface area contributed by atoms with Crippen molar-refractivity contribution in [2.24, 2.45) is 0 Å². The largest absolute Gasteiger partial charge is 0.348 e. The molecule has 0 aliphatic heterocycles. The van der Waals surface area contributed by atoms with Crippen LogP contribution >= 0.6 is 0 Å². The maximum Gasteiger partial charge on any atom is 0.243 e. The van der Waals surface area contributed by atoms with Crippen LogP contribution in [0.2, 0.25) is 0 Å². The minimum absolute atomic E-state index is 0.132. The molecular formula is C21H21FN2O3S. The highest BCUT2D eigenvalue weighted by Gasteiger charge is 2.24. The third-order valence-electron chi connectivity index (χ3n) is 4.54. The van der Waals surface area contributed by atoms with Gasteiger partial charge in [0.15, 0.2) is 0 Å². The molecule has 7 heteroatoms. The normalized spacial score (nSPS) is 12.9. The summed E-state index contributed by atoms with van der Waals surface area (Å²) in [4.78, 5) is 12.4. The van der Waals surface area contributed by atoms with Crippen LogP contribution in [0, 0.1) is 5.82 Å². The zero-order chi connectivity index (χ0) is 20.3. The SMILES string of the molecule is C[C@@H](NC(=O)CN(C)S(=O)(=O)c1ccc2ccccc2c1)c1ccc(F)cc1. The molecule has 0 spiro atoms. The maximum atomic E-state index is 13.0. The molecule has 1 amide bonds. The predicted molar refractivity (Wildman–Crippen MR) is 107 cm³/mol. The van der Waals surface area contributed by atoms with Gasteiger partial charge in [-0.2, -0.15) is 4.31 Å². The van der Waals surface area contributed by atoms with E-state index in [-0.39, 0.29) is 23.3 Å². The third kappa shape index (κ3) is 4.37. The predicted octanol–water partition coefficient (Wildman–Crippen LogP) is 3.48. The Kier molecular flexibility index (Phi) is 5.76. The van der Waals surface area contributed by atoms with Gasteiger partial charge in [0.1, 0.15) is 5.82 Å². The second-order valence-corrected chi connectivity index (χ2v) is 8.66. The van der Waals surface area contributed by atoms with Gasteiger partial charge >= 0.3 is 0 Å². The first-order valence-corrected chi connectivity index (χ1v) is 10.2. The van der Waals surface area contributed by atoms with Crippen molar-refractivity contribution >= 4 is 26.7 Å². The first-order chi connectivity index (χ1) is 13.3. The number of rotatable bonds is 6. The zero-order valence-electron chi connectivity index (χ0n) is 15.6. The van der Waals surface area contributed by atoms with Crippen molar-refractivity contribution in [3.63, 3.8) is 0 Å². The average molecular weight is 400 g/mol. The third-order valence-corrected chi connectivity index (χ3v) is 6.34. The molecule has 146 valence electrons. The molecule has 5 nitrogen and oxygen atoms in total. The molecule has 0 saturated carbocycles. The number of nitrogens with one attached hydrogen (secondary N) is 1. The quantitative estimate of drug-likeness (QED) is 0.689. The van der Waals surface area contributed by atoms with Gasteiger partial charge in [0.05, 0.1) is 17.5 Å². The fourth-order valence-corrected chi connectivity index (χ4v) is 4.08. The molecule has 0 saturated heterocycles. The molecule has 0 radical (unpaired) electrons. The molecule has 0 aliphatic rings. The van der Waals surface area contributed by atoms with Gasteiger partial charge in [-0.15, -0.1) is 0 Å². The van der Waals surface area contributed by atoms with Crippen molar-refractivity contribution in [2.75, 3.05) is 13.6 Å². The zero-order valence-corrected chi connectivity index (χ0v) is 16.4. The summed E-state index contributed by atoms with van der Waals surface area (Å²) in [6.45, 7) is 1.43. The Balaban J connectivity index is 1.70. The number of nitrogens with zero attached hydrogens (tertiary/aromatic N) is 1. The van der Waals surface area contributed by atoms with E-state index in [0.29, 0.717) is 0 Å². The lowest BCUT2D eigenvalue weighted by molar-refractivity contribution is -0.121. The monoisotopic (exact) mass is 400 g/mol. The lowest BCUT2D eigenvalue weighted by Gasteiger charge is -2.19. The molecule has 3 aromatic rings. The van der Waals surface area contributed by atoms with Gasteiger partial charge in [-0.25, -0.2) is 12.8 Å². The van der Waals surface area contributed by atoms with Crippen molar-refractivity contribution < 1.29 is 17.6 Å². The smallest absolute Gasteiger partial charge is 0.243 e. The summed E-state index contributed by atoms with van der Waals surface area (Å²) in [7, 11) is -2.44. The standard InChI is InChI=1S/C21H21FN2O3S/c1-15(16-7-10-19(22)11-8-16)23-21(25)14-24(2)28(26,27)20-12-9-17-5-3-4-6-18(17)13-20/h3-13,15H,14H2,1-2H3,(H,23,25)/t15-/m1/s1. The van der Waals surface area contributed by atoms with Gasteiger partial charge in [0, 0.05) is 7.05 Å². The lowest BCUT2D eigenvalue weighted by Crippen LogP contribution is -2.39. The van der Waals surface area contributed by atoms with E-state index in [1.807, 2.05) is 24.3 Å². The van der Waals surface area contributed by atoms with Crippen LogP contribution in [0.4, 0.5) is 4.39 Å². The van der Waals surface area contributed by atoms with Gasteiger partial charge in [-0.3, -0.25) is 4.79 Å². The fraction of sp³-hybridized carbons (Fsp3) is 0.190. The Bertz CT molecular complexity index is 1100. The summed E-state index contributed by atoms with van der Waals surface area (Å²) in [5.41, 5.74) is 0.731. The molecule has 0 bridgehead atoms. The van der Waals surface area contributed by atoms with Gasteiger partial charge in [-0.1, -0.05) is 42.5 Å². The van der Waals surface area contributed by atoms with Crippen LogP contribution in [0.25, 0.3) is 10.8 Å². The van der Waals surface area contributed by atoms with Crippen LogP contribution in [-0.2, 0) is 14.8 Å². The molecule has 3 rings (SSSR count). The van der Waals surface area contributed by atoms with E-state index in [1.54, 1.807) is 31.2 Å². The van der Waals surface area contributed by atoms with Gasteiger partial charge in [0.25, 0.3) is 0 Å².